The molecule has 0 radical (unpaired) electrons. The van der Waals surface area contributed by atoms with Crippen LogP contribution in [0.4, 0.5) is 5.69 Å². The van der Waals surface area contributed by atoms with Gasteiger partial charge in [0.15, 0.2) is 5.82 Å². The molecule has 0 spiro atoms. The van der Waals surface area contributed by atoms with Gasteiger partial charge in [-0.1, -0.05) is 12.1 Å². The Labute approximate surface area is 130 Å². The van der Waals surface area contributed by atoms with Gasteiger partial charge < -0.3 is 10.6 Å². The van der Waals surface area contributed by atoms with Crippen LogP contribution in [0.1, 0.15) is 12.1 Å². The molecule has 0 unspecified atom stereocenters. The summed E-state index contributed by atoms with van der Waals surface area (Å²) in [5, 5.41) is 5.81. The largest absolute Gasteiger partial charge is 0.326 e. The van der Waals surface area contributed by atoms with Gasteiger partial charge in [-0.15, -0.1) is 12.4 Å². The van der Waals surface area contributed by atoms with E-state index in [2.05, 4.69) is 20.6 Å². The van der Waals surface area contributed by atoms with Crippen LogP contribution in [0.25, 0.3) is 11.4 Å². The molecule has 0 aliphatic carbocycles. The number of anilines is 1. The smallest absolute Gasteiger partial charge is 0.225 e. The molecule has 5 nitrogen and oxygen atoms in total. The zero-order chi connectivity index (χ0) is 14.4. The average molecular weight is 307 g/mol. The van der Waals surface area contributed by atoms with Gasteiger partial charge >= 0.3 is 0 Å². The zero-order valence-corrected chi connectivity index (χ0v) is 12.9. The minimum Gasteiger partial charge on any atom is -0.326 e. The van der Waals surface area contributed by atoms with Crippen LogP contribution in [-0.4, -0.2) is 29.5 Å². The second kappa shape index (κ2) is 8.34. The van der Waals surface area contributed by atoms with E-state index in [9.17, 15) is 4.79 Å². The molecule has 0 bridgehead atoms. The number of amides is 1. The van der Waals surface area contributed by atoms with Gasteiger partial charge in [-0.25, -0.2) is 9.97 Å². The van der Waals surface area contributed by atoms with Gasteiger partial charge in [0.05, 0.1) is 0 Å². The molecule has 112 valence electrons. The zero-order valence-electron chi connectivity index (χ0n) is 12.1. The monoisotopic (exact) mass is 306 g/mol. The van der Waals surface area contributed by atoms with Crippen LogP contribution in [-0.2, 0) is 4.79 Å². The van der Waals surface area contributed by atoms with E-state index < -0.39 is 0 Å². The van der Waals surface area contributed by atoms with Gasteiger partial charge in [0.1, 0.15) is 0 Å². The van der Waals surface area contributed by atoms with Gasteiger partial charge in [0.2, 0.25) is 5.91 Å². The summed E-state index contributed by atoms with van der Waals surface area (Å²) in [4.78, 5) is 20.3. The van der Waals surface area contributed by atoms with E-state index in [1.165, 1.54) is 0 Å². The van der Waals surface area contributed by atoms with Crippen LogP contribution in [0.3, 0.4) is 0 Å². The molecule has 0 saturated heterocycles. The maximum atomic E-state index is 11.7. The fourth-order valence-electron chi connectivity index (χ4n) is 1.79. The van der Waals surface area contributed by atoms with Crippen LogP contribution < -0.4 is 10.6 Å². The first-order valence-electron chi connectivity index (χ1n) is 6.53. The summed E-state index contributed by atoms with van der Waals surface area (Å²) in [5.41, 5.74) is 2.56. The van der Waals surface area contributed by atoms with Crippen molar-refractivity contribution in [2.24, 2.45) is 0 Å². The Kier molecular flexibility index (Phi) is 6.78. The van der Waals surface area contributed by atoms with Crippen molar-refractivity contribution in [3.05, 3.63) is 42.2 Å². The number of aromatic nitrogens is 2. The van der Waals surface area contributed by atoms with E-state index >= 15 is 0 Å². The van der Waals surface area contributed by atoms with Crippen LogP contribution in [0.2, 0.25) is 0 Å². The van der Waals surface area contributed by atoms with E-state index in [4.69, 9.17) is 0 Å². The number of nitrogens with one attached hydrogen (secondary N) is 2. The van der Waals surface area contributed by atoms with E-state index in [0.29, 0.717) is 18.8 Å². The van der Waals surface area contributed by atoms with Crippen molar-refractivity contribution < 1.29 is 4.79 Å². The van der Waals surface area contributed by atoms with E-state index in [1.54, 1.807) is 6.20 Å². The molecule has 1 aromatic carbocycles. The second-order valence-corrected chi connectivity index (χ2v) is 4.50. The minimum absolute atomic E-state index is 0. The first-order chi connectivity index (χ1) is 9.69. The lowest BCUT2D eigenvalue weighted by molar-refractivity contribution is -0.116. The third-order valence-electron chi connectivity index (χ3n) is 2.80. The Morgan fingerprint density at radius 3 is 2.81 bits per heavy atom. The fraction of sp³-hybridized carbons (Fsp3) is 0.267. The molecular weight excluding hydrogens is 288 g/mol. The number of nitrogens with zero attached hydrogens (tertiary/aromatic N) is 2. The van der Waals surface area contributed by atoms with Gasteiger partial charge in [0.25, 0.3) is 0 Å². The Morgan fingerprint density at radius 1 is 1.29 bits per heavy atom. The molecule has 0 aliphatic heterocycles. The second-order valence-electron chi connectivity index (χ2n) is 4.50. The molecule has 0 fully saturated rings. The highest BCUT2D eigenvalue weighted by atomic mass is 35.5. The number of aryl methyl sites for hydroxylation is 1. The Bertz CT molecular complexity index is 604. The molecule has 21 heavy (non-hydrogen) atoms. The van der Waals surface area contributed by atoms with Crippen molar-refractivity contribution in [3.8, 4) is 11.4 Å². The van der Waals surface area contributed by atoms with Crippen molar-refractivity contribution in [3.63, 3.8) is 0 Å². The third-order valence-corrected chi connectivity index (χ3v) is 2.80. The first kappa shape index (κ1) is 17.1. The van der Waals surface area contributed by atoms with Crippen molar-refractivity contribution in [1.29, 1.82) is 0 Å². The summed E-state index contributed by atoms with van der Waals surface area (Å²) in [6, 6.07) is 9.40. The number of carbonyl (C=O) groups is 1. The number of benzene rings is 1. The first-order valence-corrected chi connectivity index (χ1v) is 6.53. The van der Waals surface area contributed by atoms with Crippen molar-refractivity contribution in [2.75, 3.05) is 18.9 Å². The summed E-state index contributed by atoms with van der Waals surface area (Å²) in [6.45, 7) is 2.58. The van der Waals surface area contributed by atoms with Crippen molar-refractivity contribution in [1.82, 2.24) is 15.3 Å². The summed E-state index contributed by atoms with van der Waals surface area (Å²) in [5.74, 6) is 0.651. The SMILES string of the molecule is CNCCC(=O)Nc1cccc(-c2nccc(C)n2)c1.Cl. The van der Waals surface area contributed by atoms with E-state index in [1.807, 2.05) is 44.3 Å². The number of hydrogen-bond acceptors (Lipinski definition) is 4. The fourth-order valence-corrected chi connectivity index (χ4v) is 1.79. The van der Waals surface area contributed by atoms with E-state index in [-0.39, 0.29) is 18.3 Å². The van der Waals surface area contributed by atoms with E-state index in [0.717, 1.165) is 16.9 Å². The maximum Gasteiger partial charge on any atom is 0.225 e. The molecule has 2 N–H and O–H groups in total. The number of hydrogen-bond donors (Lipinski definition) is 2. The molecule has 6 heteroatoms. The Balaban J connectivity index is 0.00000220. The normalized spacial score (nSPS) is 9.81. The van der Waals surface area contributed by atoms with Crippen molar-refractivity contribution >= 4 is 24.0 Å². The summed E-state index contributed by atoms with van der Waals surface area (Å²) in [7, 11) is 1.82. The standard InChI is InChI=1S/C15H18N4O.ClH/c1-11-6-9-17-15(18-11)12-4-3-5-13(10-12)19-14(20)7-8-16-2;/h3-6,9-10,16H,7-8H2,1-2H3,(H,19,20);1H. The lowest BCUT2D eigenvalue weighted by atomic mass is 10.2. The molecule has 2 aromatic rings. The Hall–Kier alpha value is -1.98. The third kappa shape index (κ3) is 5.13. The highest BCUT2D eigenvalue weighted by Crippen LogP contribution is 2.19. The highest BCUT2D eigenvalue weighted by Gasteiger charge is 2.05. The lowest BCUT2D eigenvalue weighted by Gasteiger charge is -2.07. The molecule has 0 aliphatic rings. The number of carbonyl (C=O) groups excluding carboxylic acids is 1. The minimum atomic E-state index is -0.0124. The average Bonchev–Trinajstić information content (AvgIpc) is 2.45. The summed E-state index contributed by atoms with van der Waals surface area (Å²) < 4.78 is 0. The summed E-state index contributed by atoms with van der Waals surface area (Å²) >= 11 is 0. The number of rotatable bonds is 5. The topological polar surface area (TPSA) is 66.9 Å². The van der Waals surface area contributed by atoms with Gasteiger partial charge in [-0.3, -0.25) is 4.79 Å². The van der Waals surface area contributed by atoms with Crippen LogP contribution in [0.5, 0.6) is 0 Å². The van der Waals surface area contributed by atoms with Gasteiger partial charge in [0, 0.05) is 36.1 Å². The number of halogens is 1. The summed E-state index contributed by atoms with van der Waals surface area (Å²) in [6.07, 6.45) is 2.18. The highest BCUT2D eigenvalue weighted by molar-refractivity contribution is 5.91. The maximum absolute atomic E-state index is 11.7. The molecule has 0 saturated carbocycles. The van der Waals surface area contributed by atoms with Gasteiger partial charge in [-0.2, -0.15) is 0 Å². The molecule has 1 amide bonds. The van der Waals surface area contributed by atoms with Gasteiger partial charge in [-0.05, 0) is 32.2 Å². The Morgan fingerprint density at radius 2 is 2.10 bits per heavy atom. The molecule has 1 aromatic heterocycles. The quantitative estimate of drug-likeness (QED) is 0.890. The predicted molar refractivity (Wildman–Crippen MR) is 86.6 cm³/mol. The van der Waals surface area contributed by atoms with Crippen LogP contribution in [0, 0.1) is 6.92 Å². The molecule has 0 atom stereocenters. The predicted octanol–water partition coefficient (Wildman–Crippen LogP) is 2.42. The molecule has 2 rings (SSSR count). The molecular formula is C15H19ClN4O. The van der Waals surface area contributed by atoms with Crippen LogP contribution in [0.15, 0.2) is 36.5 Å². The molecule has 1 heterocycles. The van der Waals surface area contributed by atoms with Crippen LogP contribution >= 0.6 is 12.4 Å². The lowest BCUT2D eigenvalue weighted by Crippen LogP contribution is -2.18. The van der Waals surface area contributed by atoms with Crippen molar-refractivity contribution in [2.45, 2.75) is 13.3 Å².